The zero-order valence-corrected chi connectivity index (χ0v) is 18.6. The van der Waals surface area contributed by atoms with Crippen molar-refractivity contribution in [3.8, 4) is 0 Å². The lowest BCUT2D eigenvalue weighted by molar-refractivity contribution is -0.385. The fourth-order valence-electron chi connectivity index (χ4n) is 3.28. The third kappa shape index (κ3) is 4.73. The highest BCUT2D eigenvalue weighted by atomic mass is 79.9. The highest BCUT2D eigenvalue weighted by Crippen LogP contribution is 2.19. The number of aromatic nitrogens is 2. The van der Waals surface area contributed by atoms with Crippen molar-refractivity contribution in [1.29, 1.82) is 0 Å². The van der Waals surface area contributed by atoms with E-state index in [4.69, 9.17) is 0 Å². The van der Waals surface area contributed by atoms with Crippen LogP contribution in [0.3, 0.4) is 0 Å². The van der Waals surface area contributed by atoms with Gasteiger partial charge in [0.1, 0.15) is 6.20 Å². The SMILES string of the molecule is CC(=NNC(=O)c1nn(Cc2cccc(Br)c2)cc1[N+](=O)[O-])c1ccc2ccccc2c1. The predicted molar refractivity (Wildman–Crippen MR) is 126 cm³/mol. The van der Waals surface area contributed by atoms with Gasteiger partial charge in [0.05, 0.1) is 17.2 Å². The van der Waals surface area contributed by atoms with Crippen molar-refractivity contribution in [2.24, 2.45) is 5.10 Å². The summed E-state index contributed by atoms with van der Waals surface area (Å²) in [7, 11) is 0. The number of nitrogens with zero attached hydrogens (tertiary/aromatic N) is 4. The van der Waals surface area contributed by atoms with Crippen LogP contribution in [0.25, 0.3) is 10.8 Å². The molecule has 4 aromatic rings. The van der Waals surface area contributed by atoms with Gasteiger partial charge in [-0.2, -0.15) is 10.2 Å². The molecule has 0 fully saturated rings. The van der Waals surface area contributed by atoms with Crippen molar-refractivity contribution in [3.05, 3.63) is 104 Å². The summed E-state index contributed by atoms with van der Waals surface area (Å²) in [5.41, 5.74) is 4.00. The summed E-state index contributed by atoms with van der Waals surface area (Å²) < 4.78 is 2.25. The van der Waals surface area contributed by atoms with Crippen molar-refractivity contribution in [3.63, 3.8) is 0 Å². The number of amides is 1. The Labute approximate surface area is 191 Å². The Morgan fingerprint density at radius 3 is 2.66 bits per heavy atom. The molecule has 0 saturated carbocycles. The Balaban J connectivity index is 1.55. The molecule has 0 aliphatic carbocycles. The highest BCUT2D eigenvalue weighted by molar-refractivity contribution is 9.10. The van der Waals surface area contributed by atoms with E-state index in [-0.39, 0.29) is 17.9 Å². The molecule has 0 spiro atoms. The third-order valence-corrected chi connectivity index (χ3v) is 5.37. The first kappa shape index (κ1) is 21.4. The van der Waals surface area contributed by atoms with Crippen LogP contribution in [0, 0.1) is 10.1 Å². The van der Waals surface area contributed by atoms with Crippen LogP contribution in [0.15, 0.2) is 82.5 Å². The van der Waals surface area contributed by atoms with Crippen LogP contribution in [0.2, 0.25) is 0 Å². The molecule has 1 amide bonds. The van der Waals surface area contributed by atoms with Crippen LogP contribution >= 0.6 is 15.9 Å². The second kappa shape index (κ2) is 9.11. The van der Waals surface area contributed by atoms with E-state index in [9.17, 15) is 14.9 Å². The molecule has 32 heavy (non-hydrogen) atoms. The van der Waals surface area contributed by atoms with Gasteiger partial charge in [0.15, 0.2) is 0 Å². The van der Waals surface area contributed by atoms with Crippen LogP contribution < -0.4 is 5.43 Å². The Hall–Kier alpha value is -3.85. The smallest absolute Gasteiger partial charge is 0.265 e. The van der Waals surface area contributed by atoms with Gasteiger partial charge in [-0.1, -0.05) is 64.5 Å². The summed E-state index contributed by atoms with van der Waals surface area (Å²) in [5, 5.41) is 21.9. The molecule has 160 valence electrons. The van der Waals surface area contributed by atoms with Crippen molar-refractivity contribution in [2.75, 3.05) is 0 Å². The van der Waals surface area contributed by atoms with Gasteiger partial charge in [-0.15, -0.1) is 0 Å². The van der Waals surface area contributed by atoms with Gasteiger partial charge >= 0.3 is 5.69 Å². The Bertz CT molecular complexity index is 1360. The van der Waals surface area contributed by atoms with E-state index in [0.717, 1.165) is 26.4 Å². The highest BCUT2D eigenvalue weighted by Gasteiger charge is 2.25. The minimum atomic E-state index is -0.746. The number of benzene rings is 3. The van der Waals surface area contributed by atoms with Gasteiger partial charge in [-0.05, 0) is 47.0 Å². The number of nitro groups is 1. The van der Waals surface area contributed by atoms with Gasteiger partial charge in [-0.25, -0.2) is 5.43 Å². The molecule has 8 nitrogen and oxygen atoms in total. The topological polar surface area (TPSA) is 102 Å². The minimum absolute atomic E-state index is 0.285. The molecule has 1 N–H and O–H groups in total. The summed E-state index contributed by atoms with van der Waals surface area (Å²) in [6.07, 6.45) is 1.25. The number of halogens is 1. The number of carbonyl (C=O) groups is 1. The van der Waals surface area contributed by atoms with E-state index in [2.05, 4.69) is 31.6 Å². The Morgan fingerprint density at radius 1 is 1.12 bits per heavy atom. The lowest BCUT2D eigenvalue weighted by atomic mass is 10.0. The molecule has 1 aromatic heterocycles. The maximum absolute atomic E-state index is 12.6. The van der Waals surface area contributed by atoms with Gasteiger partial charge in [-0.3, -0.25) is 19.6 Å². The number of nitrogens with one attached hydrogen (secondary N) is 1. The van der Waals surface area contributed by atoms with Crippen LogP contribution in [-0.4, -0.2) is 26.3 Å². The quantitative estimate of drug-likeness (QED) is 0.235. The molecule has 0 aliphatic rings. The molecule has 0 bridgehead atoms. The molecular formula is C23H18BrN5O3. The molecule has 9 heteroatoms. The first-order valence-corrected chi connectivity index (χ1v) is 10.5. The lowest BCUT2D eigenvalue weighted by Crippen LogP contribution is -2.21. The number of hydrogen-bond acceptors (Lipinski definition) is 5. The number of carbonyl (C=O) groups excluding carboxylic acids is 1. The second-order valence-electron chi connectivity index (χ2n) is 7.15. The maximum atomic E-state index is 12.6. The summed E-state index contributed by atoms with van der Waals surface area (Å²) in [6, 6.07) is 21.2. The Kier molecular flexibility index (Phi) is 6.09. The monoisotopic (exact) mass is 491 g/mol. The van der Waals surface area contributed by atoms with Crippen molar-refractivity contribution in [1.82, 2.24) is 15.2 Å². The summed E-state index contributed by atoms with van der Waals surface area (Å²) in [5.74, 6) is -0.746. The molecular weight excluding hydrogens is 474 g/mol. The van der Waals surface area contributed by atoms with E-state index in [1.54, 1.807) is 6.92 Å². The van der Waals surface area contributed by atoms with Crippen LogP contribution in [-0.2, 0) is 6.54 Å². The zero-order valence-electron chi connectivity index (χ0n) is 17.0. The molecule has 0 saturated heterocycles. The largest absolute Gasteiger partial charge is 0.320 e. The van der Waals surface area contributed by atoms with Crippen molar-refractivity contribution < 1.29 is 9.72 Å². The van der Waals surface area contributed by atoms with E-state index < -0.39 is 10.8 Å². The van der Waals surface area contributed by atoms with Crippen LogP contribution in [0.5, 0.6) is 0 Å². The van der Waals surface area contributed by atoms with E-state index in [1.807, 2.05) is 66.7 Å². The van der Waals surface area contributed by atoms with E-state index >= 15 is 0 Å². The standard InChI is InChI=1S/C23H18BrN5O3/c1-15(18-10-9-17-6-2-3-7-19(17)12-18)25-26-23(30)22-21(29(31)32)14-28(27-22)13-16-5-4-8-20(24)11-16/h2-12,14H,13H2,1H3,(H,26,30). The van der Waals surface area contributed by atoms with Gasteiger partial charge < -0.3 is 0 Å². The van der Waals surface area contributed by atoms with Crippen LogP contribution in [0.1, 0.15) is 28.5 Å². The summed E-state index contributed by atoms with van der Waals surface area (Å²) in [6.45, 7) is 2.04. The fraction of sp³-hybridized carbons (Fsp3) is 0.0870. The molecule has 0 radical (unpaired) electrons. The normalized spacial score (nSPS) is 11.5. The minimum Gasteiger partial charge on any atom is -0.265 e. The van der Waals surface area contributed by atoms with Crippen molar-refractivity contribution in [2.45, 2.75) is 13.5 Å². The van der Waals surface area contributed by atoms with E-state index in [0.29, 0.717) is 5.71 Å². The average molecular weight is 492 g/mol. The predicted octanol–water partition coefficient (Wildman–Crippen LogP) is 4.91. The van der Waals surface area contributed by atoms with Gasteiger partial charge in [0, 0.05) is 4.47 Å². The van der Waals surface area contributed by atoms with Gasteiger partial charge in [0.2, 0.25) is 5.69 Å². The summed E-state index contributed by atoms with van der Waals surface area (Å²) >= 11 is 3.39. The number of hydrogen-bond donors (Lipinski definition) is 1. The maximum Gasteiger partial charge on any atom is 0.320 e. The molecule has 0 unspecified atom stereocenters. The lowest BCUT2D eigenvalue weighted by Gasteiger charge is -2.04. The first-order chi connectivity index (χ1) is 15.4. The zero-order chi connectivity index (χ0) is 22.7. The molecule has 4 rings (SSSR count). The van der Waals surface area contributed by atoms with Crippen LogP contribution in [0.4, 0.5) is 5.69 Å². The third-order valence-electron chi connectivity index (χ3n) is 4.88. The Morgan fingerprint density at radius 2 is 1.91 bits per heavy atom. The van der Waals surface area contributed by atoms with E-state index in [1.165, 1.54) is 10.9 Å². The number of hydrazone groups is 1. The summed E-state index contributed by atoms with van der Waals surface area (Å²) in [4.78, 5) is 23.5. The first-order valence-electron chi connectivity index (χ1n) is 9.71. The second-order valence-corrected chi connectivity index (χ2v) is 8.06. The molecule has 1 heterocycles. The molecule has 0 aliphatic heterocycles. The molecule has 3 aromatic carbocycles. The average Bonchev–Trinajstić information content (AvgIpc) is 3.21. The van der Waals surface area contributed by atoms with Gasteiger partial charge in [0.25, 0.3) is 5.91 Å². The fourth-order valence-corrected chi connectivity index (χ4v) is 3.72. The van der Waals surface area contributed by atoms with Crippen molar-refractivity contribution >= 4 is 44.0 Å². The molecule has 0 atom stereocenters. The number of rotatable bonds is 6. The number of fused-ring (bicyclic) bond motifs is 1.